The molecule has 1 aromatic carbocycles. The van der Waals surface area contributed by atoms with Gasteiger partial charge in [-0.3, -0.25) is 9.59 Å². The number of aromatic nitrogens is 2. The fraction of sp³-hybridized carbons (Fsp3) is 0.500. The van der Waals surface area contributed by atoms with Crippen molar-refractivity contribution in [1.29, 1.82) is 0 Å². The summed E-state index contributed by atoms with van der Waals surface area (Å²) in [4.78, 5) is 27.9. The second-order valence-corrected chi connectivity index (χ2v) is 8.22. The average Bonchev–Trinajstić information content (AvgIpc) is 3.49. The van der Waals surface area contributed by atoms with Gasteiger partial charge in [0.1, 0.15) is 11.5 Å². The number of hydrogen-bond donors (Lipinski definition) is 0. The van der Waals surface area contributed by atoms with Crippen LogP contribution < -0.4 is 5.43 Å². The van der Waals surface area contributed by atoms with Gasteiger partial charge in [0.15, 0.2) is 5.69 Å². The normalized spacial score (nSPS) is 22.1. The average molecular weight is 383 g/mol. The molecule has 0 unspecified atom stereocenters. The summed E-state index contributed by atoms with van der Waals surface area (Å²) in [6.45, 7) is 3.93. The van der Waals surface area contributed by atoms with Crippen LogP contribution in [0, 0.1) is 18.7 Å². The molecule has 5 nitrogen and oxygen atoms in total. The van der Waals surface area contributed by atoms with Gasteiger partial charge in [0.25, 0.3) is 5.91 Å². The van der Waals surface area contributed by atoms with E-state index in [-0.39, 0.29) is 29.4 Å². The Morgan fingerprint density at radius 2 is 1.71 bits per heavy atom. The monoisotopic (exact) mass is 383 g/mol. The number of carbonyl (C=O) groups is 1. The third-order valence-corrected chi connectivity index (χ3v) is 5.94. The summed E-state index contributed by atoms with van der Waals surface area (Å²) in [5.41, 5.74) is 0.221. The molecule has 2 fully saturated rings. The molecular weight excluding hydrogens is 357 g/mol. The highest BCUT2D eigenvalue weighted by atomic mass is 19.1. The lowest BCUT2D eigenvalue weighted by Gasteiger charge is -2.36. The van der Waals surface area contributed by atoms with Gasteiger partial charge in [-0.15, -0.1) is 0 Å². The quantitative estimate of drug-likeness (QED) is 0.806. The summed E-state index contributed by atoms with van der Waals surface area (Å²) in [6.07, 6.45) is 6.09. The molecule has 2 saturated carbocycles. The molecule has 4 rings (SSSR count). The molecular formula is C22H26FN3O2. The second-order valence-electron chi connectivity index (χ2n) is 8.22. The lowest BCUT2D eigenvalue weighted by atomic mass is 9.86. The maximum atomic E-state index is 14.3. The number of nitrogens with zero attached hydrogens (tertiary/aromatic N) is 3. The van der Waals surface area contributed by atoms with E-state index in [1.807, 2.05) is 4.90 Å². The highest BCUT2D eigenvalue weighted by Gasteiger charge is 2.40. The molecule has 0 saturated heterocycles. The number of carbonyl (C=O) groups excluding carboxylic acids is 1. The van der Waals surface area contributed by atoms with Gasteiger partial charge in [0.2, 0.25) is 5.43 Å². The Hall–Kier alpha value is -2.50. The van der Waals surface area contributed by atoms with Crippen molar-refractivity contribution in [3.63, 3.8) is 0 Å². The summed E-state index contributed by atoms with van der Waals surface area (Å²) in [5.74, 6) is -0.0687. The number of hydrogen-bond acceptors (Lipinski definition) is 3. The van der Waals surface area contributed by atoms with Crippen LogP contribution in [0.3, 0.4) is 0 Å². The van der Waals surface area contributed by atoms with Gasteiger partial charge >= 0.3 is 0 Å². The summed E-state index contributed by atoms with van der Waals surface area (Å²) in [6, 6.07) is 7.99. The predicted molar refractivity (Wildman–Crippen MR) is 105 cm³/mol. The summed E-state index contributed by atoms with van der Waals surface area (Å²) < 4.78 is 15.6. The molecule has 0 spiro atoms. The molecule has 1 amide bonds. The smallest absolute Gasteiger partial charge is 0.278 e. The van der Waals surface area contributed by atoms with Gasteiger partial charge in [0, 0.05) is 23.8 Å². The van der Waals surface area contributed by atoms with Crippen LogP contribution >= 0.6 is 0 Å². The molecule has 0 radical (unpaired) electrons. The number of halogens is 1. The van der Waals surface area contributed by atoms with E-state index < -0.39 is 11.2 Å². The predicted octanol–water partition coefficient (Wildman–Crippen LogP) is 3.86. The third kappa shape index (κ3) is 3.60. The molecule has 0 N–H and O–H groups in total. The third-order valence-electron chi connectivity index (χ3n) is 5.94. The van der Waals surface area contributed by atoms with Crippen LogP contribution in [0.1, 0.15) is 61.6 Å². The van der Waals surface area contributed by atoms with Gasteiger partial charge in [-0.05, 0) is 63.5 Å². The molecule has 0 aliphatic heterocycles. The number of aryl methyl sites for hydroxylation is 1. The first-order chi connectivity index (χ1) is 13.5. The largest absolute Gasteiger partial charge is 0.331 e. The van der Waals surface area contributed by atoms with Crippen molar-refractivity contribution in [3.05, 3.63) is 57.8 Å². The lowest BCUT2D eigenvalue weighted by molar-refractivity contribution is 0.0583. The first-order valence-electron chi connectivity index (χ1n) is 10.1. The minimum Gasteiger partial charge on any atom is -0.331 e. The molecule has 2 aliphatic carbocycles. The molecule has 148 valence electrons. The first kappa shape index (κ1) is 18.8. The Morgan fingerprint density at radius 3 is 2.32 bits per heavy atom. The topological polar surface area (TPSA) is 55.2 Å². The van der Waals surface area contributed by atoms with Crippen LogP contribution in [-0.2, 0) is 0 Å². The van der Waals surface area contributed by atoms with Crippen LogP contribution in [0.4, 0.5) is 4.39 Å². The van der Waals surface area contributed by atoms with Crippen LogP contribution in [0.5, 0.6) is 0 Å². The van der Waals surface area contributed by atoms with Crippen molar-refractivity contribution in [2.45, 2.75) is 64.5 Å². The van der Waals surface area contributed by atoms with Crippen molar-refractivity contribution >= 4 is 5.91 Å². The number of amides is 1. The van der Waals surface area contributed by atoms with Gasteiger partial charge in [-0.2, -0.15) is 5.10 Å². The van der Waals surface area contributed by atoms with Crippen molar-refractivity contribution in [2.24, 2.45) is 5.92 Å². The van der Waals surface area contributed by atoms with E-state index in [4.69, 9.17) is 0 Å². The molecule has 0 bridgehead atoms. The first-order valence-corrected chi connectivity index (χ1v) is 10.1. The number of para-hydroxylation sites is 1. The second kappa shape index (κ2) is 7.49. The van der Waals surface area contributed by atoms with Crippen molar-refractivity contribution in [2.75, 3.05) is 0 Å². The van der Waals surface area contributed by atoms with E-state index in [9.17, 15) is 14.0 Å². The zero-order valence-corrected chi connectivity index (χ0v) is 16.4. The number of benzene rings is 1. The summed E-state index contributed by atoms with van der Waals surface area (Å²) in [7, 11) is 0. The Kier molecular flexibility index (Phi) is 5.04. The maximum absolute atomic E-state index is 14.3. The fourth-order valence-corrected chi connectivity index (χ4v) is 4.19. The lowest BCUT2D eigenvalue weighted by Crippen LogP contribution is -2.46. The van der Waals surface area contributed by atoms with E-state index in [0.29, 0.717) is 11.6 Å². The van der Waals surface area contributed by atoms with Crippen molar-refractivity contribution in [3.8, 4) is 5.69 Å². The summed E-state index contributed by atoms with van der Waals surface area (Å²) >= 11 is 0. The van der Waals surface area contributed by atoms with Gasteiger partial charge in [0.05, 0.1) is 0 Å². The van der Waals surface area contributed by atoms with E-state index in [1.165, 1.54) is 16.8 Å². The van der Waals surface area contributed by atoms with Gasteiger partial charge in [-0.25, -0.2) is 9.07 Å². The van der Waals surface area contributed by atoms with E-state index in [0.717, 1.165) is 38.5 Å². The summed E-state index contributed by atoms with van der Waals surface area (Å²) in [5, 5.41) is 4.32. The minimum absolute atomic E-state index is 0.112. The van der Waals surface area contributed by atoms with Crippen molar-refractivity contribution < 1.29 is 9.18 Å². The fourth-order valence-electron chi connectivity index (χ4n) is 4.19. The zero-order valence-electron chi connectivity index (χ0n) is 16.4. The molecule has 2 aliphatic rings. The van der Waals surface area contributed by atoms with Crippen LogP contribution in [0.25, 0.3) is 5.69 Å². The van der Waals surface area contributed by atoms with E-state index in [1.54, 1.807) is 25.1 Å². The molecule has 1 heterocycles. The Labute approximate surface area is 164 Å². The Bertz CT molecular complexity index is 943. The van der Waals surface area contributed by atoms with Crippen LogP contribution in [0.2, 0.25) is 0 Å². The molecule has 6 heteroatoms. The van der Waals surface area contributed by atoms with Crippen LogP contribution in [0.15, 0.2) is 35.1 Å². The standard InChI is InChI=1S/C22H26FN3O2/c1-14-7-9-16(10-8-14)25(17-11-12-17)22(28)21-20(27)13-15(2)26(24-21)19-6-4-3-5-18(19)23/h3-6,13-14,16-17H,7-12H2,1-2H3. The minimum atomic E-state index is -0.444. The molecule has 2 aromatic rings. The molecule has 0 atom stereocenters. The zero-order chi connectivity index (χ0) is 19.8. The Morgan fingerprint density at radius 1 is 1.11 bits per heavy atom. The number of rotatable bonds is 4. The van der Waals surface area contributed by atoms with Gasteiger partial charge in [-0.1, -0.05) is 19.1 Å². The molecule has 1 aromatic heterocycles. The highest BCUT2D eigenvalue weighted by molar-refractivity contribution is 5.92. The van der Waals surface area contributed by atoms with Crippen LogP contribution in [-0.4, -0.2) is 32.7 Å². The highest BCUT2D eigenvalue weighted by Crippen LogP contribution is 2.35. The Balaban J connectivity index is 1.71. The SMILES string of the molecule is Cc1cc(=O)c(C(=O)N(C2CCC(C)CC2)C2CC2)nn1-c1ccccc1F. The van der Waals surface area contributed by atoms with E-state index in [2.05, 4.69) is 12.0 Å². The van der Waals surface area contributed by atoms with Gasteiger partial charge < -0.3 is 4.90 Å². The maximum Gasteiger partial charge on any atom is 0.278 e. The van der Waals surface area contributed by atoms with Crippen molar-refractivity contribution in [1.82, 2.24) is 14.7 Å². The van der Waals surface area contributed by atoms with E-state index >= 15 is 0 Å². The molecule has 28 heavy (non-hydrogen) atoms.